The first-order chi connectivity index (χ1) is 13.1. The number of anilines is 2. The van der Waals surface area contributed by atoms with Crippen molar-refractivity contribution in [1.29, 1.82) is 0 Å². The molecule has 0 spiro atoms. The summed E-state index contributed by atoms with van der Waals surface area (Å²) in [5.74, 6) is 0.377. The summed E-state index contributed by atoms with van der Waals surface area (Å²) in [5, 5.41) is 6.04. The van der Waals surface area contributed by atoms with Crippen LogP contribution in [0.1, 0.15) is 24.3 Å². The molecule has 0 aliphatic heterocycles. The van der Waals surface area contributed by atoms with Gasteiger partial charge in [0.2, 0.25) is 0 Å². The number of pyridine rings is 1. The normalized spacial score (nSPS) is 11.1. The van der Waals surface area contributed by atoms with Gasteiger partial charge in [-0.15, -0.1) is 0 Å². The molecule has 27 heavy (non-hydrogen) atoms. The maximum Gasteiger partial charge on any atom is 0.269 e. The third-order valence-electron chi connectivity index (χ3n) is 4.32. The molecule has 0 fully saturated rings. The minimum absolute atomic E-state index is 0.185. The van der Waals surface area contributed by atoms with Crippen LogP contribution in [0.15, 0.2) is 36.9 Å². The van der Waals surface area contributed by atoms with E-state index in [1.165, 1.54) is 0 Å². The van der Waals surface area contributed by atoms with Crippen molar-refractivity contribution < 1.29 is 4.79 Å². The van der Waals surface area contributed by atoms with Gasteiger partial charge in [-0.2, -0.15) is 0 Å². The number of hydrogen-bond donors (Lipinski definition) is 2. The molecule has 2 radical (unpaired) electrons. The number of amides is 1. The Labute approximate surface area is 159 Å². The quantitative estimate of drug-likeness (QED) is 0.574. The van der Waals surface area contributed by atoms with E-state index in [-0.39, 0.29) is 5.91 Å². The van der Waals surface area contributed by atoms with Crippen LogP contribution in [0.2, 0.25) is 0 Å². The molecule has 2 N–H and O–H groups in total. The van der Waals surface area contributed by atoms with E-state index in [0.717, 1.165) is 19.6 Å². The minimum Gasteiger partial charge on any atom is -0.349 e. The summed E-state index contributed by atoms with van der Waals surface area (Å²) in [6, 6.07) is 3.46. The molecule has 0 aliphatic carbocycles. The molecule has 138 valence electrons. The van der Waals surface area contributed by atoms with Crippen LogP contribution in [0.25, 0.3) is 5.65 Å². The summed E-state index contributed by atoms with van der Waals surface area (Å²) in [7, 11) is 5.87. The third-order valence-corrected chi connectivity index (χ3v) is 4.32. The molecule has 0 atom stereocenters. The molecule has 3 rings (SSSR count). The Morgan fingerprint density at radius 3 is 2.70 bits per heavy atom. The molecule has 3 aromatic heterocycles. The van der Waals surface area contributed by atoms with Gasteiger partial charge in [0.15, 0.2) is 11.5 Å². The number of likely N-dealkylation sites (N-methyl/N-ethyl adjacent to an activating group) is 1. The Morgan fingerprint density at radius 1 is 1.19 bits per heavy atom. The van der Waals surface area contributed by atoms with E-state index in [1.807, 2.05) is 0 Å². The molecule has 0 bridgehead atoms. The van der Waals surface area contributed by atoms with Crippen molar-refractivity contribution in [2.24, 2.45) is 0 Å². The van der Waals surface area contributed by atoms with Crippen molar-refractivity contribution in [3.63, 3.8) is 0 Å². The number of hydrogen-bond acceptors (Lipinski definition) is 6. The number of rotatable bonds is 8. The maximum absolute atomic E-state index is 12.2. The van der Waals surface area contributed by atoms with Gasteiger partial charge in [0.05, 0.1) is 11.9 Å². The van der Waals surface area contributed by atoms with Crippen LogP contribution in [0.5, 0.6) is 0 Å². The first-order valence-electron chi connectivity index (χ1n) is 8.93. The van der Waals surface area contributed by atoms with E-state index in [0.29, 0.717) is 35.0 Å². The summed E-state index contributed by atoms with van der Waals surface area (Å²) in [4.78, 5) is 27.2. The zero-order chi connectivity index (χ0) is 19.2. The van der Waals surface area contributed by atoms with Gasteiger partial charge in [0, 0.05) is 31.7 Å². The highest BCUT2D eigenvalue weighted by molar-refractivity contribution is 6.31. The maximum atomic E-state index is 12.2. The Bertz CT molecular complexity index is 906. The molecule has 0 saturated heterocycles. The lowest BCUT2D eigenvalue weighted by Gasteiger charge is -2.17. The fourth-order valence-corrected chi connectivity index (χ4v) is 2.72. The van der Waals surface area contributed by atoms with E-state index in [1.54, 1.807) is 41.3 Å². The number of carbonyl (C=O) groups is 1. The van der Waals surface area contributed by atoms with Gasteiger partial charge in [-0.3, -0.25) is 4.79 Å². The van der Waals surface area contributed by atoms with Crippen molar-refractivity contribution in [2.75, 3.05) is 31.5 Å². The van der Waals surface area contributed by atoms with Gasteiger partial charge < -0.3 is 19.9 Å². The summed E-state index contributed by atoms with van der Waals surface area (Å²) in [5.41, 5.74) is 2.20. The van der Waals surface area contributed by atoms with E-state index >= 15 is 0 Å². The van der Waals surface area contributed by atoms with Crippen LogP contribution in [0.4, 0.5) is 11.5 Å². The van der Waals surface area contributed by atoms with Crippen LogP contribution in [-0.2, 0) is 0 Å². The SMILES string of the molecule is [B]c1cnc(Nc2ccc(C(=O)NCCN(CC)CC)nc2)c2nccn12. The number of imidazole rings is 1. The van der Waals surface area contributed by atoms with Gasteiger partial charge in [0.1, 0.15) is 13.5 Å². The molecule has 0 saturated carbocycles. The summed E-state index contributed by atoms with van der Waals surface area (Å²) >= 11 is 0. The largest absolute Gasteiger partial charge is 0.349 e. The van der Waals surface area contributed by atoms with E-state index < -0.39 is 0 Å². The Balaban J connectivity index is 1.62. The lowest BCUT2D eigenvalue weighted by atomic mass is 10.1. The topological polar surface area (TPSA) is 87.5 Å². The second-order valence-corrected chi connectivity index (χ2v) is 5.99. The van der Waals surface area contributed by atoms with Crippen molar-refractivity contribution >= 4 is 36.5 Å². The smallest absolute Gasteiger partial charge is 0.269 e. The zero-order valence-electron chi connectivity index (χ0n) is 15.5. The highest BCUT2D eigenvalue weighted by Gasteiger charge is 2.09. The highest BCUT2D eigenvalue weighted by atomic mass is 16.1. The molecule has 3 aromatic rings. The fourth-order valence-electron chi connectivity index (χ4n) is 2.72. The fraction of sp³-hybridized carbons (Fsp3) is 0.333. The third kappa shape index (κ3) is 4.43. The van der Waals surface area contributed by atoms with Crippen molar-refractivity contribution in [2.45, 2.75) is 13.8 Å². The van der Waals surface area contributed by atoms with Gasteiger partial charge in [-0.25, -0.2) is 15.0 Å². The number of fused-ring (bicyclic) bond motifs is 1. The van der Waals surface area contributed by atoms with Gasteiger partial charge in [0.25, 0.3) is 5.91 Å². The molecule has 3 heterocycles. The lowest BCUT2D eigenvalue weighted by molar-refractivity contribution is 0.0944. The number of aromatic nitrogens is 4. The molecule has 0 aromatic carbocycles. The second-order valence-electron chi connectivity index (χ2n) is 5.99. The van der Waals surface area contributed by atoms with Gasteiger partial charge in [-0.05, 0) is 30.8 Å². The predicted octanol–water partition coefficient (Wildman–Crippen LogP) is 0.733. The zero-order valence-corrected chi connectivity index (χ0v) is 15.5. The van der Waals surface area contributed by atoms with Crippen molar-refractivity contribution in [3.8, 4) is 0 Å². The van der Waals surface area contributed by atoms with Crippen molar-refractivity contribution in [1.82, 2.24) is 29.6 Å². The van der Waals surface area contributed by atoms with Gasteiger partial charge >= 0.3 is 0 Å². The second kappa shape index (κ2) is 8.63. The summed E-state index contributed by atoms with van der Waals surface area (Å²) in [6.45, 7) is 7.55. The molecule has 8 nitrogen and oxygen atoms in total. The number of nitrogens with zero attached hydrogens (tertiary/aromatic N) is 5. The molecular formula is C18H22BN7O. The standard InChI is InChI=1S/C18H22BN7O/c1-3-25(4-2)9-7-21-18(27)14-6-5-13(11-22-14)24-16-17-20-8-10-26(17)15(19)12-23-16/h5-6,8,10-12H,3-4,7,9H2,1-2H3,(H,21,27)(H,23,24). The first-order valence-corrected chi connectivity index (χ1v) is 8.93. The minimum atomic E-state index is -0.185. The average Bonchev–Trinajstić information content (AvgIpc) is 3.19. The number of carbonyl (C=O) groups excluding carboxylic acids is 1. The Hall–Kier alpha value is -2.94. The molecule has 0 unspecified atom stereocenters. The summed E-state index contributed by atoms with van der Waals surface area (Å²) in [6.07, 6.45) is 6.57. The number of nitrogens with one attached hydrogen (secondary N) is 2. The van der Waals surface area contributed by atoms with E-state index in [2.05, 4.69) is 44.3 Å². The van der Waals surface area contributed by atoms with Crippen molar-refractivity contribution in [3.05, 3.63) is 42.6 Å². The molecular weight excluding hydrogens is 341 g/mol. The monoisotopic (exact) mass is 363 g/mol. The van der Waals surface area contributed by atoms with Crippen LogP contribution < -0.4 is 16.2 Å². The Kier molecular flexibility index (Phi) is 6.03. The first kappa shape index (κ1) is 18.8. The van der Waals surface area contributed by atoms with Crippen LogP contribution >= 0.6 is 0 Å². The van der Waals surface area contributed by atoms with E-state index in [4.69, 9.17) is 7.85 Å². The molecule has 9 heteroatoms. The van der Waals surface area contributed by atoms with Crippen LogP contribution in [-0.4, -0.2) is 64.2 Å². The average molecular weight is 363 g/mol. The predicted molar refractivity (Wildman–Crippen MR) is 106 cm³/mol. The highest BCUT2D eigenvalue weighted by Crippen LogP contribution is 2.17. The molecule has 0 aliphatic rings. The van der Waals surface area contributed by atoms with E-state index in [9.17, 15) is 4.79 Å². The lowest BCUT2D eigenvalue weighted by Crippen LogP contribution is -2.35. The molecule has 1 amide bonds. The Morgan fingerprint density at radius 2 is 2.00 bits per heavy atom. The van der Waals surface area contributed by atoms with Crippen LogP contribution in [0, 0.1) is 0 Å². The van der Waals surface area contributed by atoms with Gasteiger partial charge in [-0.1, -0.05) is 13.8 Å². The van der Waals surface area contributed by atoms with Crippen LogP contribution in [0.3, 0.4) is 0 Å². The summed E-state index contributed by atoms with van der Waals surface area (Å²) < 4.78 is 1.74.